The first-order chi connectivity index (χ1) is 5.07. The normalized spacial score (nSPS) is 12.0. The first kappa shape index (κ1) is 10.1. The van der Waals surface area contributed by atoms with Gasteiger partial charge < -0.3 is 5.32 Å². The lowest BCUT2D eigenvalue weighted by molar-refractivity contribution is -0.122. The predicted molar refractivity (Wildman–Crippen MR) is 45.4 cm³/mol. The van der Waals surface area contributed by atoms with Gasteiger partial charge >= 0.3 is 0 Å². The smallest absolute Gasteiger partial charge is 0.256 e. The second kappa shape index (κ2) is 4.85. The van der Waals surface area contributed by atoms with Crippen LogP contribution in [0.25, 0.3) is 0 Å². The summed E-state index contributed by atoms with van der Waals surface area (Å²) in [7, 11) is 1.73. The van der Waals surface area contributed by atoms with Crippen molar-refractivity contribution in [2.24, 2.45) is 5.10 Å². The summed E-state index contributed by atoms with van der Waals surface area (Å²) >= 11 is 0. The number of carbonyl (C=O) groups is 1. The van der Waals surface area contributed by atoms with Gasteiger partial charge in [0.15, 0.2) is 0 Å². The standard InChI is InChI=1S/C7H15N3O/c1-5(2)9-10-7(11)6(3)8-4/h6,8H,1-4H3,(H,10,11). The minimum atomic E-state index is -0.196. The van der Waals surface area contributed by atoms with Gasteiger partial charge in [0.1, 0.15) is 0 Å². The zero-order valence-electron chi connectivity index (χ0n) is 7.43. The molecule has 64 valence electrons. The van der Waals surface area contributed by atoms with E-state index in [1.807, 2.05) is 13.8 Å². The molecule has 0 aliphatic heterocycles. The molecule has 0 saturated carbocycles. The number of hydrogen-bond donors (Lipinski definition) is 2. The molecule has 0 bridgehead atoms. The molecule has 0 aromatic heterocycles. The van der Waals surface area contributed by atoms with Gasteiger partial charge in [-0.2, -0.15) is 5.10 Å². The summed E-state index contributed by atoms with van der Waals surface area (Å²) < 4.78 is 0. The molecule has 0 aliphatic rings. The molecule has 0 fully saturated rings. The van der Waals surface area contributed by atoms with E-state index in [2.05, 4.69) is 15.8 Å². The maximum Gasteiger partial charge on any atom is 0.256 e. The van der Waals surface area contributed by atoms with Crippen molar-refractivity contribution in [1.29, 1.82) is 0 Å². The van der Waals surface area contributed by atoms with Gasteiger partial charge in [0.2, 0.25) is 0 Å². The number of rotatable bonds is 3. The van der Waals surface area contributed by atoms with Gasteiger partial charge in [-0.3, -0.25) is 4.79 Å². The highest BCUT2D eigenvalue weighted by Gasteiger charge is 2.07. The average molecular weight is 157 g/mol. The second-order valence-corrected chi connectivity index (χ2v) is 2.55. The van der Waals surface area contributed by atoms with E-state index in [1.54, 1.807) is 14.0 Å². The minimum absolute atomic E-state index is 0.117. The van der Waals surface area contributed by atoms with Crippen LogP contribution in [0.2, 0.25) is 0 Å². The van der Waals surface area contributed by atoms with Crippen molar-refractivity contribution >= 4 is 11.6 Å². The summed E-state index contributed by atoms with van der Waals surface area (Å²) in [5, 5.41) is 6.58. The molecule has 0 saturated heterocycles. The summed E-state index contributed by atoms with van der Waals surface area (Å²) in [5.41, 5.74) is 3.25. The van der Waals surface area contributed by atoms with Crippen LogP contribution in [0.4, 0.5) is 0 Å². The van der Waals surface area contributed by atoms with E-state index in [-0.39, 0.29) is 11.9 Å². The van der Waals surface area contributed by atoms with Gasteiger partial charge in [-0.25, -0.2) is 5.43 Å². The Hall–Kier alpha value is -0.900. The Bertz CT molecular complexity index is 161. The molecule has 1 atom stereocenters. The summed E-state index contributed by atoms with van der Waals surface area (Å²) in [6, 6.07) is -0.196. The van der Waals surface area contributed by atoms with Crippen molar-refractivity contribution in [3.8, 4) is 0 Å². The molecule has 0 radical (unpaired) electrons. The zero-order valence-corrected chi connectivity index (χ0v) is 7.43. The molecule has 0 aromatic carbocycles. The number of nitrogens with one attached hydrogen (secondary N) is 2. The molecule has 2 N–H and O–H groups in total. The molecule has 1 amide bonds. The number of likely N-dealkylation sites (N-methyl/N-ethyl adjacent to an activating group) is 1. The van der Waals surface area contributed by atoms with Crippen LogP contribution in [0.3, 0.4) is 0 Å². The fourth-order valence-electron chi connectivity index (χ4n) is 0.395. The minimum Gasteiger partial charge on any atom is -0.309 e. The highest BCUT2D eigenvalue weighted by molar-refractivity contribution is 5.84. The summed E-state index contributed by atoms with van der Waals surface area (Å²) in [6.45, 7) is 5.42. The van der Waals surface area contributed by atoms with Crippen LogP contribution in [0, 0.1) is 0 Å². The Balaban J connectivity index is 3.79. The lowest BCUT2D eigenvalue weighted by atomic mass is 10.3. The lowest BCUT2D eigenvalue weighted by Gasteiger charge is -2.06. The third kappa shape index (κ3) is 4.50. The molecule has 0 spiro atoms. The van der Waals surface area contributed by atoms with Crippen LogP contribution < -0.4 is 10.7 Å². The molecule has 0 aromatic rings. The van der Waals surface area contributed by atoms with Crippen molar-refractivity contribution in [1.82, 2.24) is 10.7 Å². The number of amides is 1. The van der Waals surface area contributed by atoms with Crippen LogP contribution in [-0.4, -0.2) is 24.7 Å². The highest BCUT2D eigenvalue weighted by Crippen LogP contribution is 1.79. The van der Waals surface area contributed by atoms with Crippen LogP contribution in [0.1, 0.15) is 20.8 Å². The maximum atomic E-state index is 11.0. The number of nitrogens with zero attached hydrogens (tertiary/aromatic N) is 1. The second-order valence-electron chi connectivity index (χ2n) is 2.55. The van der Waals surface area contributed by atoms with Gasteiger partial charge in [0.05, 0.1) is 6.04 Å². The van der Waals surface area contributed by atoms with Crippen molar-refractivity contribution < 1.29 is 4.79 Å². The average Bonchev–Trinajstić information content (AvgIpc) is 1.98. The monoisotopic (exact) mass is 157 g/mol. The zero-order chi connectivity index (χ0) is 8.85. The predicted octanol–water partition coefficient (Wildman–Crippen LogP) is 0.106. The highest BCUT2D eigenvalue weighted by atomic mass is 16.2. The van der Waals surface area contributed by atoms with Crippen molar-refractivity contribution in [2.45, 2.75) is 26.8 Å². The largest absolute Gasteiger partial charge is 0.309 e. The van der Waals surface area contributed by atoms with E-state index < -0.39 is 0 Å². The fourth-order valence-corrected chi connectivity index (χ4v) is 0.395. The molecular weight excluding hydrogens is 142 g/mol. The van der Waals surface area contributed by atoms with Gasteiger partial charge in [-0.1, -0.05) is 0 Å². The van der Waals surface area contributed by atoms with Crippen molar-refractivity contribution in [2.75, 3.05) is 7.05 Å². The molecule has 0 rings (SSSR count). The summed E-state index contributed by atoms with van der Waals surface area (Å²) in [4.78, 5) is 11.0. The third-order valence-electron chi connectivity index (χ3n) is 1.22. The van der Waals surface area contributed by atoms with Gasteiger partial charge in [-0.05, 0) is 27.8 Å². The van der Waals surface area contributed by atoms with Crippen LogP contribution in [-0.2, 0) is 4.79 Å². The molecule has 0 aliphatic carbocycles. The van der Waals surface area contributed by atoms with Crippen LogP contribution in [0.15, 0.2) is 5.10 Å². The van der Waals surface area contributed by atoms with E-state index in [0.29, 0.717) is 0 Å². The topological polar surface area (TPSA) is 53.5 Å². The molecule has 11 heavy (non-hydrogen) atoms. The van der Waals surface area contributed by atoms with Crippen molar-refractivity contribution in [3.05, 3.63) is 0 Å². The number of hydrogen-bond acceptors (Lipinski definition) is 3. The maximum absolute atomic E-state index is 11.0. The lowest BCUT2D eigenvalue weighted by Crippen LogP contribution is -2.38. The SMILES string of the molecule is CNC(C)C(=O)NN=C(C)C. The first-order valence-corrected chi connectivity index (χ1v) is 3.56. The summed E-state index contributed by atoms with van der Waals surface area (Å²) in [6.07, 6.45) is 0. The molecular formula is C7H15N3O. The Kier molecular flexibility index (Phi) is 4.45. The quantitative estimate of drug-likeness (QED) is 0.451. The third-order valence-corrected chi connectivity index (χ3v) is 1.22. The van der Waals surface area contributed by atoms with E-state index >= 15 is 0 Å². The number of hydrazone groups is 1. The molecule has 0 heterocycles. The van der Waals surface area contributed by atoms with Crippen LogP contribution >= 0.6 is 0 Å². The van der Waals surface area contributed by atoms with Gasteiger partial charge in [0, 0.05) is 5.71 Å². The van der Waals surface area contributed by atoms with Crippen LogP contribution in [0.5, 0.6) is 0 Å². The first-order valence-electron chi connectivity index (χ1n) is 3.56. The Labute approximate surface area is 67.1 Å². The van der Waals surface area contributed by atoms with Gasteiger partial charge in [-0.15, -0.1) is 0 Å². The van der Waals surface area contributed by atoms with E-state index in [0.717, 1.165) is 5.71 Å². The van der Waals surface area contributed by atoms with E-state index in [1.165, 1.54) is 0 Å². The molecule has 4 nitrogen and oxygen atoms in total. The van der Waals surface area contributed by atoms with Crippen molar-refractivity contribution in [3.63, 3.8) is 0 Å². The fraction of sp³-hybridized carbons (Fsp3) is 0.714. The molecule has 1 unspecified atom stereocenters. The van der Waals surface area contributed by atoms with E-state index in [9.17, 15) is 4.79 Å². The summed E-state index contributed by atoms with van der Waals surface area (Å²) in [5.74, 6) is -0.117. The van der Waals surface area contributed by atoms with Gasteiger partial charge in [0.25, 0.3) is 5.91 Å². The Morgan fingerprint density at radius 3 is 2.36 bits per heavy atom. The van der Waals surface area contributed by atoms with E-state index in [4.69, 9.17) is 0 Å². The Morgan fingerprint density at radius 2 is 2.00 bits per heavy atom. The number of carbonyl (C=O) groups excluding carboxylic acids is 1. The Morgan fingerprint density at radius 1 is 1.45 bits per heavy atom. The molecule has 4 heteroatoms.